The van der Waals surface area contributed by atoms with Crippen molar-refractivity contribution in [2.24, 2.45) is 5.92 Å². The van der Waals surface area contributed by atoms with E-state index in [4.69, 9.17) is 0 Å². The normalized spacial score (nSPS) is 13.9. The molecular formula is C14H19N3O3. The first kappa shape index (κ1) is 14.3. The predicted molar refractivity (Wildman–Crippen MR) is 76.9 cm³/mol. The topological polar surface area (TPSA) is 75.5 Å². The maximum absolute atomic E-state index is 12.6. The Morgan fingerprint density at radius 3 is 2.70 bits per heavy atom. The van der Waals surface area contributed by atoms with Gasteiger partial charge in [-0.05, 0) is 31.7 Å². The summed E-state index contributed by atoms with van der Waals surface area (Å²) in [5.74, 6) is 0.447. The molecule has 0 spiro atoms. The summed E-state index contributed by atoms with van der Waals surface area (Å²) in [6.07, 6.45) is 2.33. The molecule has 0 aliphatic heterocycles. The number of anilines is 1. The van der Waals surface area contributed by atoms with Gasteiger partial charge in [-0.25, -0.2) is 0 Å². The van der Waals surface area contributed by atoms with Crippen LogP contribution in [0.1, 0.15) is 30.1 Å². The number of hydrogen-bond donors (Lipinski definition) is 1. The Kier molecular flexibility index (Phi) is 4.22. The molecule has 2 rings (SSSR count). The van der Waals surface area contributed by atoms with Gasteiger partial charge >= 0.3 is 0 Å². The average Bonchev–Trinajstić information content (AvgIpc) is 3.27. The van der Waals surface area contributed by atoms with Crippen LogP contribution in [0.15, 0.2) is 18.2 Å². The highest BCUT2D eigenvalue weighted by atomic mass is 16.6. The van der Waals surface area contributed by atoms with Crippen LogP contribution in [0.2, 0.25) is 0 Å². The molecule has 1 amide bonds. The highest BCUT2D eigenvalue weighted by Gasteiger charge is 2.28. The van der Waals surface area contributed by atoms with Crippen molar-refractivity contribution in [1.29, 1.82) is 0 Å². The lowest BCUT2D eigenvalue weighted by atomic mass is 10.1. The van der Waals surface area contributed by atoms with Gasteiger partial charge < -0.3 is 10.2 Å². The molecule has 20 heavy (non-hydrogen) atoms. The van der Waals surface area contributed by atoms with Crippen LogP contribution in [0, 0.1) is 16.0 Å². The molecule has 1 aromatic carbocycles. The molecule has 0 bridgehead atoms. The molecule has 6 heteroatoms. The molecule has 1 aliphatic carbocycles. The Labute approximate surface area is 117 Å². The van der Waals surface area contributed by atoms with Gasteiger partial charge in [0.1, 0.15) is 0 Å². The lowest BCUT2D eigenvalue weighted by Gasteiger charge is -2.22. The lowest BCUT2D eigenvalue weighted by molar-refractivity contribution is -0.384. The monoisotopic (exact) mass is 277 g/mol. The van der Waals surface area contributed by atoms with Crippen molar-refractivity contribution in [1.82, 2.24) is 4.90 Å². The van der Waals surface area contributed by atoms with Gasteiger partial charge in [0.15, 0.2) is 0 Å². The van der Waals surface area contributed by atoms with Gasteiger partial charge in [0.2, 0.25) is 0 Å². The SMILES string of the molecule is CCN(CC1CC1)C(=O)c1cc([N+](=O)[O-])ccc1NC. The molecule has 1 saturated carbocycles. The van der Waals surface area contributed by atoms with E-state index in [1.807, 2.05) is 6.92 Å². The second-order valence-corrected chi connectivity index (χ2v) is 5.02. The van der Waals surface area contributed by atoms with E-state index < -0.39 is 4.92 Å². The summed E-state index contributed by atoms with van der Waals surface area (Å²) in [6, 6.07) is 4.33. The maximum Gasteiger partial charge on any atom is 0.270 e. The molecule has 0 saturated heterocycles. The van der Waals surface area contributed by atoms with E-state index in [2.05, 4.69) is 5.32 Å². The largest absolute Gasteiger partial charge is 0.387 e. The number of carbonyl (C=O) groups is 1. The van der Waals surface area contributed by atoms with Crippen molar-refractivity contribution in [3.8, 4) is 0 Å². The molecule has 1 aromatic rings. The fraction of sp³-hybridized carbons (Fsp3) is 0.500. The van der Waals surface area contributed by atoms with Gasteiger partial charge in [0.25, 0.3) is 11.6 Å². The minimum absolute atomic E-state index is 0.0603. The molecule has 0 atom stereocenters. The van der Waals surface area contributed by atoms with Crippen LogP contribution in [0.5, 0.6) is 0 Å². The zero-order valence-electron chi connectivity index (χ0n) is 11.8. The van der Waals surface area contributed by atoms with Crippen LogP contribution in [-0.4, -0.2) is 35.9 Å². The van der Waals surface area contributed by atoms with Crippen LogP contribution in [0.25, 0.3) is 0 Å². The third-order valence-corrected chi connectivity index (χ3v) is 3.56. The summed E-state index contributed by atoms with van der Waals surface area (Å²) in [7, 11) is 1.70. The Morgan fingerprint density at radius 2 is 2.20 bits per heavy atom. The third-order valence-electron chi connectivity index (χ3n) is 3.56. The van der Waals surface area contributed by atoms with E-state index in [-0.39, 0.29) is 11.6 Å². The zero-order valence-corrected chi connectivity index (χ0v) is 11.8. The van der Waals surface area contributed by atoms with Crippen molar-refractivity contribution >= 4 is 17.3 Å². The number of carbonyl (C=O) groups excluding carboxylic acids is 1. The number of hydrogen-bond acceptors (Lipinski definition) is 4. The van der Waals surface area contributed by atoms with Gasteiger partial charge in [-0.3, -0.25) is 14.9 Å². The van der Waals surface area contributed by atoms with Crippen molar-refractivity contribution < 1.29 is 9.72 Å². The molecule has 6 nitrogen and oxygen atoms in total. The second-order valence-electron chi connectivity index (χ2n) is 5.02. The van der Waals surface area contributed by atoms with Crippen LogP contribution >= 0.6 is 0 Å². The highest BCUT2D eigenvalue weighted by Crippen LogP contribution is 2.31. The van der Waals surface area contributed by atoms with E-state index in [1.54, 1.807) is 18.0 Å². The standard InChI is InChI=1S/C14H19N3O3/c1-3-16(9-10-4-5-10)14(18)12-8-11(17(19)20)6-7-13(12)15-2/h6-8,10,15H,3-5,9H2,1-2H3. The number of nitrogens with zero attached hydrogens (tertiary/aromatic N) is 2. The summed E-state index contributed by atoms with van der Waals surface area (Å²) in [6.45, 7) is 3.28. The summed E-state index contributed by atoms with van der Waals surface area (Å²) in [5, 5.41) is 13.8. The average molecular weight is 277 g/mol. The molecule has 1 N–H and O–H groups in total. The third kappa shape index (κ3) is 3.07. The Morgan fingerprint density at radius 1 is 1.50 bits per heavy atom. The predicted octanol–water partition coefficient (Wildman–Crippen LogP) is 2.51. The minimum atomic E-state index is -0.479. The first-order valence-corrected chi connectivity index (χ1v) is 6.82. The van der Waals surface area contributed by atoms with E-state index in [0.29, 0.717) is 23.7 Å². The van der Waals surface area contributed by atoms with Crippen LogP contribution in [0.3, 0.4) is 0 Å². The van der Waals surface area contributed by atoms with E-state index in [1.165, 1.54) is 12.1 Å². The van der Waals surface area contributed by atoms with E-state index in [0.717, 1.165) is 19.4 Å². The Bertz CT molecular complexity index is 526. The number of nitro groups is 1. The van der Waals surface area contributed by atoms with Crippen molar-refractivity contribution in [2.45, 2.75) is 19.8 Å². The molecule has 108 valence electrons. The van der Waals surface area contributed by atoms with Crippen LogP contribution in [0.4, 0.5) is 11.4 Å². The lowest BCUT2D eigenvalue weighted by Crippen LogP contribution is -2.33. The first-order valence-electron chi connectivity index (χ1n) is 6.82. The Balaban J connectivity index is 2.29. The van der Waals surface area contributed by atoms with Gasteiger partial charge in [0, 0.05) is 38.0 Å². The number of non-ortho nitro benzene ring substituents is 1. The van der Waals surface area contributed by atoms with Crippen molar-refractivity contribution in [2.75, 3.05) is 25.5 Å². The highest BCUT2D eigenvalue weighted by molar-refractivity contribution is 6.00. The fourth-order valence-electron chi connectivity index (χ4n) is 2.18. The summed E-state index contributed by atoms with van der Waals surface area (Å²) >= 11 is 0. The Hall–Kier alpha value is -2.11. The number of rotatable bonds is 6. The van der Waals surface area contributed by atoms with Gasteiger partial charge in [-0.2, -0.15) is 0 Å². The van der Waals surface area contributed by atoms with E-state index >= 15 is 0 Å². The minimum Gasteiger partial charge on any atom is -0.387 e. The number of nitrogens with one attached hydrogen (secondary N) is 1. The maximum atomic E-state index is 12.6. The fourth-order valence-corrected chi connectivity index (χ4v) is 2.18. The number of nitro benzene ring substituents is 1. The molecule has 1 fully saturated rings. The van der Waals surface area contributed by atoms with Crippen molar-refractivity contribution in [3.63, 3.8) is 0 Å². The number of amides is 1. The van der Waals surface area contributed by atoms with Crippen molar-refractivity contribution in [3.05, 3.63) is 33.9 Å². The van der Waals surface area contributed by atoms with E-state index in [9.17, 15) is 14.9 Å². The molecule has 0 aromatic heterocycles. The molecule has 0 radical (unpaired) electrons. The molecular weight excluding hydrogens is 258 g/mol. The second kappa shape index (κ2) is 5.90. The van der Waals surface area contributed by atoms with Crippen LogP contribution < -0.4 is 5.32 Å². The first-order chi connectivity index (χ1) is 9.56. The van der Waals surface area contributed by atoms with Gasteiger partial charge in [-0.15, -0.1) is 0 Å². The van der Waals surface area contributed by atoms with Crippen LogP contribution in [-0.2, 0) is 0 Å². The molecule has 0 heterocycles. The summed E-state index contributed by atoms with van der Waals surface area (Å²) in [4.78, 5) is 24.7. The summed E-state index contributed by atoms with van der Waals surface area (Å²) in [5.41, 5.74) is 0.925. The molecule has 1 aliphatic rings. The van der Waals surface area contributed by atoms with Gasteiger partial charge in [-0.1, -0.05) is 0 Å². The number of benzene rings is 1. The smallest absolute Gasteiger partial charge is 0.270 e. The summed E-state index contributed by atoms with van der Waals surface area (Å²) < 4.78 is 0. The van der Waals surface area contributed by atoms with Gasteiger partial charge in [0.05, 0.1) is 10.5 Å². The quantitative estimate of drug-likeness (QED) is 0.640. The molecule has 0 unspecified atom stereocenters. The zero-order chi connectivity index (χ0) is 14.7.